The Labute approximate surface area is 203 Å². The lowest BCUT2D eigenvalue weighted by atomic mass is 10.2. The van der Waals surface area contributed by atoms with Crippen LogP contribution in [0.1, 0.15) is 27.8 Å². The van der Waals surface area contributed by atoms with Crippen LogP contribution in [0, 0.1) is 0 Å². The highest BCUT2D eigenvalue weighted by atomic mass is 32.2. The number of carbonyl (C=O) groups excluding carboxylic acids is 2. The highest BCUT2D eigenvalue weighted by Gasteiger charge is 2.24. The van der Waals surface area contributed by atoms with Gasteiger partial charge in [-0.1, -0.05) is 24.3 Å². The van der Waals surface area contributed by atoms with E-state index < -0.39 is 15.9 Å². The van der Waals surface area contributed by atoms with Crippen LogP contribution in [-0.4, -0.2) is 26.8 Å². The van der Waals surface area contributed by atoms with Crippen molar-refractivity contribution in [2.24, 2.45) is 0 Å². The van der Waals surface area contributed by atoms with Crippen LogP contribution < -0.4 is 14.9 Å². The van der Waals surface area contributed by atoms with Gasteiger partial charge in [-0.2, -0.15) is 0 Å². The number of hydrogen-bond acceptors (Lipinski definition) is 5. The largest absolute Gasteiger partial charge is 0.459 e. The molecule has 8 nitrogen and oxygen atoms in total. The average molecular weight is 490 g/mol. The van der Waals surface area contributed by atoms with Crippen LogP contribution in [0.5, 0.6) is 0 Å². The van der Waals surface area contributed by atoms with Crippen LogP contribution in [0.3, 0.4) is 0 Å². The number of hydrogen-bond donors (Lipinski definition) is 2. The molecular formula is C26H23N3O5S. The van der Waals surface area contributed by atoms with Gasteiger partial charge in [0.05, 0.1) is 16.8 Å². The second kappa shape index (κ2) is 10.3. The van der Waals surface area contributed by atoms with Crippen molar-refractivity contribution in [1.82, 2.24) is 0 Å². The number of benzene rings is 3. The molecule has 9 heteroatoms. The van der Waals surface area contributed by atoms with Crippen molar-refractivity contribution in [3.63, 3.8) is 0 Å². The topological polar surface area (TPSA) is 109 Å². The number of carbonyl (C=O) groups is 2. The lowest BCUT2D eigenvalue weighted by Gasteiger charge is -2.23. The molecule has 2 N–H and O–H groups in total. The Kier molecular flexibility index (Phi) is 6.98. The molecule has 0 radical (unpaired) electrons. The quantitative estimate of drug-likeness (QED) is 0.362. The molecule has 0 saturated heterocycles. The third-order valence-corrected chi connectivity index (χ3v) is 7.06. The van der Waals surface area contributed by atoms with Gasteiger partial charge < -0.3 is 15.1 Å². The van der Waals surface area contributed by atoms with E-state index in [0.717, 1.165) is 0 Å². The summed E-state index contributed by atoms with van der Waals surface area (Å²) in [5.41, 5.74) is 1.76. The zero-order valence-corrected chi connectivity index (χ0v) is 19.7. The van der Waals surface area contributed by atoms with E-state index in [1.165, 1.54) is 28.8 Å². The first-order valence-corrected chi connectivity index (χ1v) is 12.3. The first-order valence-electron chi connectivity index (χ1n) is 10.8. The number of nitrogens with zero attached hydrogens (tertiary/aromatic N) is 1. The summed E-state index contributed by atoms with van der Waals surface area (Å²) in [5.74, 6) is -0.662. The normalized spacial score (nSPS) is 11.0. The summed E-state index contributed by atoms with van der Waals surface area (Å²) in [6, 6.07) is 24.4. The molecular weight excluding hydrogens is 466 g/mol. The summed E-state index contributed by atoms with van der Waals surface area (Å²) >= 11 is 0. The highest BCUT2D eigenvalue weighted by molar-refractivity contribution is 7.92. The van der Waals surface area contributed by atoms with E-state index in [2.05, 4.69) is 10.6 Å². The molecule has 35 heavy (non-hydrogen) atoms. The van der Waals surface area contributed by atoms with Gasteiger partial charge in [-0.05, 0) is 73.7 Å². The van der Waals surface area contributed by atoms with Crippen LogP contribution >= 0.6 is 0 Å². The Hall–Kier alpha value is -4.37. The van der Waals surface area contributed by atoms with Crippen molar-refractivity contribution in [2.45, 2.75) is 11.8 Å². The van der Waals surface area contributed by atoms with Gasteiger partial charge in [-0.15, -0.1) is 0 Å². The summed E-state index contributed by atoms with van der Waals surface area (Å²) in [7, 11) is -3.86. The summed E-state index contributed by atoms with van der Waals surface area (Å²) in [4.78, 5) is 24.9. The van der Waals surface area contributed by atoms with Gasteiger partial charge in [0.25, 0.3) is 21.8 Å². The monoisotopic (exact) mass is 489 g/mol. The molecule has 4 aromatic rings. The van der Waals surface area contributed by atoms with Crippen LogP contribution in [0.25, 0.3) is 0 Å². The number of nitrogens with one attached hydrogen (secondary N) is 2. The maximum atomic E-state index is 13.3. The SMILES string of the molecule is CCN(c1ccccc1)S(=O)(=O)c1cccc(C(=O)Nc2ccc(NC(=O)c3ccco3)cc2)c1. The van der Waals surface area contributed by atoms with E-state index in [1.807, 2.05) is 6.07 Å². The molecule has 0 atom stereocenters. The van der Waals surface area contributed by atoms with E-state index >= 15 is 0 Å². The predicted molar refractivity (Wildman–Crippen MR) is 134 cm³/mol. The van der Waals surface area contributed by atoms with Crippen molar-refractivity contribution in [2.75, 3.05) is 21.5 Å². The Morgan fingerprint density at radius 2 is 1.46 bits per heavy atom. The first kappa shape index (κ1) is 23.8. The van der Waals surface area contributed by atoms with Gasteiger partial charge in [0.15, 0.2) is 5.76 Å². The predicted octanol–water partition coefficient (Wildman–Crippen LogP) is 5.00. The van der Waals surface area contributed by atoms with Crippen LogP contribution in [0.4, 0.5) is 17.1 Å². The Morgan fingerprint density at radius 1 is 0.800 bits per heavy atom. The Balaban J connectivity index is 1.47. The molecule has 0 bridgehead atoms. The third-order valence-electron chi connectivity index (χ3n) is 5.16. The molecule has 4 rings (SSSR count). The summed E-state index contributed by atoms with van der Waals surface area (Å²) in [5, 5.41) is 5.43. The van der Waals surface area contributed by atoms with Gasteiger partial charge in [-0.3, -0.25) is 13.9 Å². The standard InChI is InChI=1S/C26H23N3O5S/c1-2-29(22-9-4-3-5-10-22)35(32,33)23-11-6-8-19(18-23)25(30)27-20-13-15-21(16-14-20)28-26(31)24-12-7-17-34-24/h3-18H,2H2,1H3,(H,27,30)(H,28,31). The van der Waals surface area contributed by atoms with Gasteiger partial charge >= 0.3 is 0 Å². The van der Waals surface area contributed by atoms with Crippen LogP contribution in [0.2, 0.25) is 0 Å². The number of para-hydroxylation sites is 1. The Bertz CT molecular complexity index is 1420. The molecule has 1 aromatic heterocycles. The van der Waals surface area contributed by atoms with Crippen molar-refractivity contribution < 1.29 is 22.4 Å². The summed E-state index contributed by atoms with van der Waals surface area (Å²) < 4.78 is 32.9. The van der Waals surface area contributed by atoms with E-state index in [-0.39, 0.29) is 28.7 Å². The molecule has 3 aromatic carbocycles. The number of anilines is 3. The zero-order chi connectivity index (χ0) is 24.8. The molecule has 0 unspecified atom stereocenters. The zero-order valence-electron chi connectivity index (χ0n) is 18.8. The maximum Gasteiger partial charge on any atom is 0.291 e. The average Bonchev–Trinajstić information content (AvgIpc) is 3.42. The van der Waals surface area contributed by atoms with Crippen LogP contribution in [-0.2, 0) is 10.0 Å². The maximum absolute atomic E-state index is 13.3. The fraction of sp³-hybridized carbons (Fsp3) is 0.0769. The fourth-order valence-electron chi connectivity index (χ4n) is 3.45. The van der Waals surface area contributed by atoms with Gasteiger partial charge in [0, 0.05) is 23.5 Å². The summed E-state index contributed by atoms with van der Waals surface area (Å²) in [6.45, 7) is 1.99. The number of rotatable bonds is 8. The third kappa shape index (κ3) is 5.42. The second-order valence-corrected chi connectivity index (χ2v) is 9.36. The van der Waals surface area contributed by atoms with Gasteiger partial charge in [-0.25, -0.2) is 8.42 Å². The van der Waals surface area contributed by atoms with Crippen molar-refractivity contribution >= 4 is 38.9 Å². The van der Waals surface area contributed by atoms with Crippen molar-refractivity contribution in [1.29, 1.82) is 0 Å². The molecule has 2 amide bonds. The number of furan rings is 1. The van der Waals surface area contributed by atoms with E-state index in [9.17, 15) is 18.0 Å². The first-order chi connectivity index (χ1) is 16.9. The Morgan fingerprint density at radius 3 is 2.06 bits per heavy atom. The lowest BCUT2D eigenvalue weighted by Crippen LogP contribution is -2.30. The van der Waals surface area contributed by atoms with E-state index in [4.69, 9.17) is 4.42 Å². The van der Waals surface area contributed by atoms with E-state index in [0.29, 0.717) is 17.1 Å². The minimum absolute atomic E-state index is 0.0202. The van der Waals surface area contributed by atoms with Gasteiger partial charge in [0.1, 0.15) is 0 Å². The number of amides is 2. The van der Waals surface area contributed by atoms with Crippen molar-refractivity contribution in [3.8, 4) is 0 Å². The molecule has 0 saturated carbocycles. The smallest absolute Gasteiger partial charge is 0.291 e. The lowest BCUT2D eigenvalue weighted by molar-refractivity contribution is 0.0994. The van der Waals surface area contributed by atoms with Crippen molar-refractivity contribution in [3.05, 3.63) is 109 Å². The second-order valence-electron chi connectivity index (χ2n) is 7.50. The molecule has 178 valence electrons. The van der Waals surface area contributed by atoms with Crippen LogP contribution in [0.15, 0.2) is 107 Å². The molecule has 1 heterocycles. The highest BCUT2D eigenvalue weighted by Crippen LogP contribution is 2.24. The fourth-order valence-corrected chi connectivity index (χ4v) is 4.97. The van der Waals surface area contributed by atoms with Gasteiger partial charge in [0.2, 0.25) is 0 Å². The molecule has 0 fully saturated rings. The number of sulfonamides is 1. The molecule has 0 aliphatic heterocycles. The summed E-state index contributed by atoms with van der Waals surface area (Å²) in [6.07, 6.45) is 1.41. The van der Waals surface area contributed by atoms with E-state index in [1.54, 1.807) is 73.7 Å². The molecule has 0 aliphatic rings. The minimum atomic E-state index is -3.86. The minimum Gasteiger partial charge on any atom is -0.459 e. The molecule has 0 aliphatic carbocycles. The molecule has 0 spiro atoms.